The molecule has 1 aromatic rings. The number of fused-ring (bicyclic) bond motifs is 6. The second-order valence-corrected chi connectivity index (χ2v) is 11.6. The van der Waals surface area contributed by atoms with E-state index in [1.165, 1.54) is 11.1 Å². The quantitative estimate of drug-likeness (QED) is 0.469. The summed E-state index contributed by atoms with van der Waals surface area (Å²) in [5, 5.41) is 20.4. The molecule has 1 aromatic carbocycles. The molecule has 2 N–H and O–H groups in total. The number of carbonyl (C=O) groups excluding carboxylic acids is 2. The lowest BCUT2D eigenvalue weighted by atomic mass is 9.55. The van der Waals surface area contributed by atoms with Crippen molar-refractivity contribution in [2.45, 2.75) is 94.7 Å². The van der Waals surface area contributed by atoms with E-state index in [-0.39, 0.29) is 37.6 Å². The molecule has 6 rings (SSSR count). The van der Waals surface area contributed by atoms with Crippen LogP contribution in [0.15, 0.2) is 18.2 Å². The van der Waals surface area contributed by atoms with Crippen LogP contribution >= 0.6 is 0 Å². The second-order valence-electron chi connectivity index (χ2n) is 11.6. The zero-order valence-electron chi connectivity index (χ0n) is 20.8. The van der Waals surface area contributed by atoms with Gasteiger partial charge in [0, 0.05) is 0 Å². The second kappa shape index (κ2) is 9.39. The summed E-state index contributed by atoms with van der Waals surface area (Å²) in [6.45, 7) is 2.63. The number of benzene rings is 1. The van der Waals surface area contributed by atoms with E-state index in [9.17, 15) is 19.8 Å². The summed E-state index contributed by atoms with van der Waals surface area (Å²) in [5.41, 5.74) is 2.68. The van der Waals surface area contributed by atoms with E-state index < -0.39 is 36.4 Å². The van der Waals surface area contributed by atoms with Crippen LogP contribution in [0.25, 0.3) is 0 Å². The maximum atomic E-state index is 12.4. The lowest BCUT2D eigenvalue weighted by Crippen LogP contribution is -2.43. The van der Waals surface area contributed by atoms with Crippen molar-refractivity contribution in [3.8, 4) is 5.75 Å². The zero-order chi connectivity index (χ0) is 25.0. The molecule has 4 fully saturated rings. The lowest BCUT2D eigenvalue weighted by Gasteiger charge is -2.50. The SMILES string of the molecule is C[C@]12CC[C@@H]3c4ccc(OC(=O)CCC(=O)O[C@H]5CO[C@H]6[C@@H]5OC[C@H]6O)cc4CC[C@H]3[C@@H]1CC[C@@H]2O. The maximum Gasteiger partial charge on any atom is 0.311 e. The highest BCUT2D eigenvalue weighted by Crippen LogP contribution is 2.60. The van der Waals surface area contributed by atoms with Gasteiger partial charge in [-0.1, -0.05) is 13.0 Å². The van der Waals surface area contributed by atoms with E-state index in [0.29, 0.717) is 23.5 Å². The van der Waals surface area contributed by atoms with Crippen molar-refractivity contribution in [2.75, 3.05) is 13.2 Å². The largest absolute Gasteiger partial charge is 0.457 e. The van der Waals surface area contributed by atoms with Gasteiger partial charge in [-0.25, -0.2) is 0 Å². The Hall–Kier alpha value is -2.00. The molecule has 2 saturated heterocycles. The molecule has 196 valence electrons. The van der Waals surface area contributed by atoms with Gasteiger partial charge < -0.3 is 29.2 Å². The number of ether oxygens (including phenoxy) is 4. The van der Waals surface area contributed by atoms with Crippen LogP contribution in [-0.2, 0) is 30.2 Å². The molecule has 0 spiro atoms. The van der Waals surface area contributed by atoms with Gasteiger partial charge in [0.15, 0.2) is 6.10 Å². The van der Waals surface area contributed by atoms with Crippen LogP contribution in [-0.4, -0.2) is 65.9 Å². The van der Waals surface area contributed by atoms with Crippen molar-refractivity contribution in [3.63, 3.8) is 0 Å². The first-order valence-corrected chi connectivity index (χ1v) is 13.5. The smallest absolute Gasteiger partial charge is 0.311 e. The van der Waals surface area contributed by atoms with E-state index in [1.54, 1.807) is 0 Å². The number of esters is 2. The summed E-state index contributed by atoms with van der Waals surface area (Å²) < 4.78 is 21.9. The Kier molecular flexibility index (Phi) is 6.35. The molecule has 0 radical (unpaired) electrons. The van der Waals surface area contributed by atoms with Crippen LogP contribution in [0.4, 0.5) is 0 Å². The van der Waals surface area contributed by atoms with Crippen LogP contribution in [0.2, 0.25) is 0 Å². The van der Waals surface area contributed by atoms with E-state index in [1.807, 2.05) is 12.1 Å². The average molecular weight is 501 g/mol. The summed E-state index contributed by atoms with van der Waals surface area (Å²) in [6.07, 6.45) is 3.76. The highest BCUT2D eigenvalue weighted by Gasteiger charge is 2.54. The number of carbonyl (C=O) groups is 2. The Balaban J connectivity index is 1.02. The Morgan fingerprint density at radius 3 is 2.69 bits per heavy atom. The highest BCUT2D eigenvalue weighted by molar-refractivity contribution is 5.79. The van der Waals surface area contributed by atoms with Gasteiger partial charge in [0.25, 0.3) is 0 Å². The number of aryl methyl sites for hydroxylation is 1. The summed E-state index contributed by atoms with van der Waals surface area (Å²) >= 11 is 0. The van der Waals surface area contributed by atoms with Crippen LogP contribution in [0, 0.1) is 17.3 Å². The standard InChI is InChI=1S/C28H36O8/c1-28-11-10-18-17-5-3-16(12-15(17)2-4-19(18)20(28)6-7-23(28)30)35-24(31)8-9-25(32)36-22-14-34-26-21(29)13-33-27(22)26/h3,5,12,18-23,26-27,29-30H,2,4,6-11,13-14H2,1H3/t18-,19-,20+,21-,22+,23+,26-,27-,28+/m1/s1. The number of rotatable bonds is 5. The fraction of sp³-hybridized carbons (Fsp3) is 0.714. The van der Waals surface area contributed by atoms with Crippen LogP contribution in [0.1, 0.15) is 68.9 Å². The Labute approximate surface area is 211 Å². The van der Waals surface area contributed by atoms with Gasteiger partial charge in [-0.05, 0) is 85.0 Å². The summed E-state index contributed by atoms with van der Waals surface area (Å²) in [7, 11) is 0. The lowest BCUT2D eigenvalue weighted by molar-refractivity contribution is -0.155. The molecule has 0 aromatic heterocycles. The van der Waals surface area contributed by atoms with E-state index >= 15 is 0 Å². The summed E-state index contributed by atoms with van der Waals surface area (Å²) in [4.78, 5) is 24.7. The third kappa shape index (κ3) is 4.16. The molecule has 2 heterocycles. The molecule has 0 amide bonds. The zero-order valence-corrected chi connectivity index (χ0v) is 20.8. The molecular weight excluding hydrogens is 464 g/mol. The molecule has 3 aliphatic carbocycles. The van der Waals surface area contributed by atoms with Crippen molar-refractivity contribution < 1.29 is 38.7 Å². The molecule has 2 saturated carbocycles. The third-order valence-corrected chi connectivity index (χ3v) is 9.68. The molecule has 0 unspecified atom stereocenters. The first-order chi connectivity index (χ1) is 17.3. The fourth-order valence-electron chi connectivity index (χ4n) is 7.75. The van der Waals surface area contributed by atoms with E-state index in [4.69, 9.17) is 18.9 Å². The molecule has 5 aliphatic rings. The van der Waals surface area contributed by atoms with Crippen molar-refractivity contribution in [2.24, 2.45) is 17.3 Å². The average Bonchev–Trinajstić information content (AvgIpc) is 3.53. The number of hydrogen-bond acceptors (Lipinski definition) is 8. The Bertz CT molecular complexity index is 1020. The molecular formula is C28H36O8. The normalized spacial score (nSPS) is 40.6. The molecule has 8 nitrogen and oxygen atoms in total. The molecule has 2 aliphatic heterocycles. The topological polar surface area (TPSA) is 112 Å². The number of aliphatic hydroxyl groups is 2. The van der Waals surface area contributed by atoms with E-state index in [0.717, 1.165) is 38.5 Å². The molecule has 8 heteroatoms. The minimum absolute atomic E-state index is 0.0627. The van der Waals surface area contributed by atoms with Crippen molar-refractivity contribution in [1.29, 1.82) is 0 Å². The van der Waals surface area contributed by atoms with Gasteiger partial charge in [-0.2, -0.15) is 0 Å². The monoisotopic (exact) mass is 500 g/mol. The molecule has 0 bridgehead atoms. The third-order valence-electron chi connectivity index (χ3n) is 9.68. The summed E-state index contributed by atoms with van der Waals surface area (Å²) in [5.74, 6) is 1.25. The van der Waals surface area contributed by atoms with Crippen molar-refractivity contribution in [3.05, 3.63) is 29.3 Å². The van der Waals surface area contributed by atoms with Gasteiger partial charge in [-0.15, -0.1) is 0 Å². The Morgan fingerprint density at radius 1 is 1.03 bits per heavy atom. The Morgan fingerprint density at radius 2 is 1.83 bits per heavy atom. The first-order valence-electron chi connectivity index (χ1n) is 13.5. The van der Waals surface area contributed by atoms with Gasteiger partial charge in [0.1, 0.15) is 24.1 Å². The fourth-order valence-corrected chi connectivity index (χ4v) is 7.75. The minimum atomic E-state index is -0.704. The van der Waals surface area contributed by atoms with Crippen LogP contribution in [0.3, 0.4) is 0 Å². The number of aliphatic hydroxyl groups excluding tert-OH is 2. The van der Waals surface area contributed by atoms with Crippen molar-refractivity contribution >= 4 is 11.9 Å². The number of hydrogen-bond donors (Lipinski definition) is 2. The van der Waals surface area contributed by atoms with Gasteiger partial charge in [0.2, 0.25) is 0 Å². The van der Waals surface area contributed by atoms with Crippen LogP contribution in [0.5, 0.6) is 5.75 Å². The van der Waals surface area contributed by atoms with Gasteiger partial charge >= 0.3 is 11.9 Å². The van der Waals surface area contributed by atoms with E-state index in [2.05, 4.69) is 13.0 Å². The molecule has 36 heavy (non-hydrogen) atoms. The predicted molar refractivity (Wildman–Crippen MR) is 127 cm³/mol. The van der Waals surface area contributed by atoms with Crippen molar-refractivity contribution in [1.82, 2.24) is 0 Å². The predicted octanol–water partition coefficient (Wildman–Crippen LogP) is 2.66. The van der Waals surface area contributed by atoms with Crippen LogP contribution < -0.4 is 4.74 Å². The van der Waals surface area contributed by atoms with Gasteiger partial charge in [0.05, 0.1) is 32.2 Å². The van der Waals surface area contributed by atoms with Gasteiger partial charge in [-0.3, -0.25) is 9.59 Å². The minimum Gasteiger partial charge on any atom is -0.457 e. The first kappa shape index (κ1) is 24.3. The summed E-state index contributed by atoms with van der Waals surface area (Å²) in [6, 6.07) is 5.97. The maximum absolute atomic E-state index is 12.4. The highest BCUT2D eigenvalue weighted by atomic mass is 16.6. The molecule has 9 atom stereocenters.